The highest BCUT2D eigenvalue weighted by Gasteiger charge is 2.14. The Labute approximate surface area is 115 Å². The molecular formula is C16H24N2O. The molecule has 104 valence electrons. The average Bonchev–Trinajstić information content (AvgIpc) is 2.92. The molecule has 1 heterocycles. The van der Waals surface area contributed by atoms with Crippen molar-refractivity contribution >= 4 is 5.91 Å². The van der Waals surface area contributed by atoms with Crippen LogP contribution < -0.4 is 10.6 Å². The molecule has 0 radical (unpaired) electrons. The van der Waals surface area contributed by atoms with Crippen LogP contribution in [0.25, 0.3) is 0 Å². The van der Waals surface area contributed by atoms with Gasteiger partial charge in [-0.3, -0.25) is 4.79 Å². The molecule has 1 fully saturated rings. The molecule has 2 N–H and O–H groups in total. The maximum absolute atomic E-state index is 11.7. The normalized spacial score (nSPS) is 18.5. The van der Waals surface area contributed by atoms with Crippen molar-refractivity contribution in [3.63, 3.8) is 0 Å². The summed E-state index contributed by atoms with van der Waals surface area (Å²) in [5, 5.41) is 6.40. The van der Waals surface area contributed by atoms with Crippen molar-refractivity contribution in [1.82, 2.24) is 10.6 Å². The quantitative estimate of drug-likeness (QED) is 0.823. The van der Waals surface area contributed by atoms with E-state index in [0.29, 0.717) is 12.5 Å². The molecule has 1 aromatic rings. The van der Waals surface area contributed by atoms with E-state index in [1.165, 1.54) is 24.0 Å². The van der Waals surface area contributed by atoms with E-state index in [0.717, 1.165) is 25.9 Å². The third-order valence-corrected chi connectivity index (χ3v) is 3.70. The van der Waals surface area contributed by atoms with Gasteiger partial charge < -0.3 is 10.6 Å². The molecule has 19 heavy (non-hydrogen) atoms. The summed E-state index contributed by atoms with van der Waals surface area (Å²) >= 11 is 0. The van der Waals surface area contributed by atoms with Gasteiger partial charge in [0, 0.05) is 19.0 Å². The first-order valence-corrected chi connectivity index (χ1v) is 7.29. The number of carbonyl (C=O) groups is 1. The first kappa shape index (κ1) is 14.1. The molecule has 1 saturated heterocycles. The number of hydrogen-bond donors (Lipinski definition) is 2. The molecule has 0 aromatic heterocycles. The summed E-state index contributed by atoms with van der Waals surface area (Å²) in [5.74, 6) is 0.181. The minimum atomic E-state index is 0.181. The van der Waals surface area contributed by atoms with Crippen LogP contribution in [0.5, 0.6) is 0 Å². The van der Waals surface area contributed by atoms with Crippen LogP contribution in [0.4, 0.5) is 0 Å². The van der Waals surface area contributed by atoms with E-state index in [9.17, 15) is 4.79 Å². The van der Waals surface area contributed by atoms with Crippen LogP contribution in [0.2, 0.25) is 0 Å². The van der Waals surface area contributed by atoms with Crippen LogP contribution in [0, 0.1) is 6.92 Å². The summed E-state index contributed by atoms with van der Waals surface area (Å²) in [4.78, 5) is 11.7. The van der Waals surface area contributed by atoms with Crippen molar-refractivity contribution in [3.05, 3.63) is 35.4 Å². The van der Waals surface area contributed by atoms with Gasteiger partial charge in [-0.05, 0) is 44.7 Å². The summed E-state index contributed by atoms with van der Waals surface area (Å²) in [7, 11) is 0. The second kappa shape index (κ2) is 7.29. The minimum Gasteiger partial charge on any atom is -0.355 e. The standard InChI is InChI=1S/C16H24N2O/c1-13-7-9-14(10-8-13)4-2-6-16(19)18-12-15-5-3-11-17-15/h7-10,15,17H,2-6,11-12H2,1H3,(H,18,19). The molecule has 1 aliphatic rings. The van der Waals surface area contributed by atoms with Gasteiger partial charge in [0.1, 0.15) is 0 Å². The predicted molar refractivity (Wildman–Crippen MR) is 78.2 cm³/mol. The summed E-state index contributed by atoms with van der Waals surface area (Å²) in [6, 6.07) is 9.04. The number of aryl methyl sites for hydroxylation is 2. The van der Waals surface area contributed by atoms with Gasteiger partial charge >= 0.3 is 0 Å². The van der Waals surface area contributed by atoms with Crippen molar-refractivity contribution < 1.29 is 4.79 Å². The topological polar surface area (TPSA) is 41.1 Å². The Balaban J connectivity index is 1.59. The van der Waals surface area contributed by atoms with Gasteiger partial charge in [0.15, 0.2) is 0 Å². The number of rotatable bonds is 6. The first-order chi connectivity index (χ1) is 9.24. The van der Waals surface area contributed by atoms with E-state index in [-0.39, 0.29) is 5.91 Å². The van der Waals surface area contributed by atoms with E-state index in [4.69, 9.17) is 0 Å². The number of amides is 1. The monoisotopic (exact) mass is 260 g/mol. The molecule has 2 rings (SSSR count). The molecule has 0 aliphatic carbocycles. The van der Waals surface area contributed by atoms with Crippen LogP contribution in [-0.4, -0.2) is 25.0 Å². The zero-order chi connectivity index (χ0) is 13.5. The van der Waals surface area contributed by atoms with E-state index in [1.807, 2.05) is 0 Å². The molecule has 1 aromatic carbocycles. The fraction of sp³-hybridized carbons (Fsp3) is 0.562. The van der Waals surface area contributed by atoms with E-state index >= 15 is 0 Å². The number of nitrogens with one attached hydrogen (secondary N) is 2. The maximum atomic E-state index is 11.7. The molecular weight excluding hydrogens is 236 g/mol. The maximum Gasteiger partial charge on any atom is 0.220 e. The Hall–Kier alpha value is -1.35. The number of hydrogen-bond acceptors (Lipinski definition) is 2. The fourth-order valence-corrected chi connectivity index (χ4v) is 2.46. The SMILES string of the molecule is Cc1ccc(CCCC(=O)NCC2CCCN2)cc1. The van der Waals surface area contributed by atoms with Gasteiger partial charge in [-0.25, -0.2) is 0 Å². The Bertz CT molecular complexity index is 394. The Morgan fingerprint density at radius 3 is 2.84 bits per heavy atom. The lowest BCUT2D eigenvalue weighted by atomic mass is 10.1. The van der Waals surface area contributed by atoms with E-state index in [2.05, 4.69) is 41.8 Å². The highest BCUT2D eigenvalue weighted by atomic mass is 16.1. The fourth-order valence-electron chi connectivity index (χ4n) is 2.46. The first-order valence-electron chi connectivity index (χ1n) is 7.29. The van der Waals surface area contributed by atoms with Crippen molar-refractivity contribution in [2.75, 3.05) is 13.1 Å². The van der Waals surface area contributed by atoms with Crippen molar-refractivity contribution in [2.24, 2.45) is 0 Å². The van der Waals surface area contributed by atoms with Crippen molar-refractivity contribution in [3.8, 4) is 0 Å². The average molecular weight is 260 g/mol. The third kappa shape index (κ3) is 5.03. The van der Waals surface area contributed by atoms with E-state index < -0.39 is 0 Å². The van der Waals surface area contributed by atoms with Gasteiger partial charge in [0.2, 0.25) is 5.91 Å². The smallest absolute Gasteiger partial charge is 0.220 e. The lowest BCUT2D eigenvalue weighted by Gasteiger charge is -2.11. The Morgan fingerprint density at radius 2 is 2.16 bits per heavy atom. The zero-order valence-electron chi connectivity index (χ0n) is 11.7. The number of carbonyl (C=O) groups excluding carboxylic acids is 1. The molecule has 3 nitrogen and oxygen atoms in total. The van der Waals surface area contributed by atoms with Crippen molar-refractivity contribution in [2.45, 2.75) is 45.1 Å². The van der Waals surface area contributed by atoms with Gasteiger partial charge in [0.25, 0.3) is 0 Å². The van der Waals surface area contributed by atoms with E-state index in [1.54, 1.807) is 0 Å². The minimum absolute atomic E-state index is 0.181. The predicted octanol–water partition coefficient (Wildman–Crippen LogP) is 2.19. The molecule has 1 unspecified atom stereocenters. The Morgan fingerprint density at radius 1 is 1.37 bits per heavy atom. The zero-order valence-corrected chi connectivity index (χ0v) is 11.7. The molecule has 0 spiro atoms. The van der Waals surface area contributed by atoms with Crippen LogP contribution in [0.15, 0.2) is 24.3 Å². The summed E-state index contributed by atoms with van der Waals surface area (Å²) in [6.07, 6.45) is 4.95. The molecule has 3 heteroatoms. The van der Waals surface area contributed by atoms with Gasteiger partial charge in [-0.2, -0.15) is 0 Å². The number of benzene rings is 1. The summed E-state index contributed by atoms with van der Waals surface area (Å²) < 4.78 is 0. The highest BCUT2D eigenvalue weighted by molar-refractivity contribution is 5.75. The molecule has 1 atom stereocenters. The second-order valence-corrected chi connectivity index (χ2v) is 5.44. The highest BCUT2D eigenvalue weighted by Crippen LogP contribution is 2.07. The molecule has 1 amide bonds. The van der Waals surface area contributed by atoms with Crippen LogP contribution in [0.3, 0.4) is 0 Å². The molecule has 0 bridgehead atoms. The largest absolute Gasteiger partial charge is 0.355 e. The van der Waals surface area contributed by atoms with Crippen molar-refractivity contribution in [1.29, 1.82) is 0 Å². The molecule has 1 aliphatic heterocycles. The Kier molecular flexibility index (Phi) is 5.40. The van der Waals surface area contributed by atoms with Gasteiger partial charge in [-0.15, -0.1) is 0 Å². The third-order valence-electron chi connectivity index (χ3n) is 3.70. The van der Waals surface area contributed by atoms with Gasteiger partial charge in [0.05, 0.1) is 0 Å². The molecule has 0 saturated carbocycles. The van der Waals surface area contributed by atoms with Crippen LogP contribution in [0.1, 0.15) is 36.8 Å². The summed E-state index contributed by atoms with van der Waals surface area (Å²) in [6.45, 7) is 3.96. The van der Waals surface area contributed by atoms with Gasteiger partial charge in [-0.1, -0.05) is 29.8 Å². The lowest BCUT2D eigenvalue weighted by molar-refractivity contribution is -0.121. The second-order valence-electron chi connectivity index (χ2n) is 5.44. The lowest BCUT2D eigenvalue weighted by Crippen LogP contribution is -2.37. The van der Waals surface area contributed by atoms with Crippen LogP contribution >= 0.6 is 0 Å². The van der Waals surface area contributed by atoms with Crippen LogP contribution in [-0.2, 0) is 11.2 Å². The summed E-state index contributed by atoms with van der Waals surface area (Å²) in [5.41, 5.74) is 2.60.